The van der Waals surface area contributed by atoms with Crippen LogP contribution in [0.25, 0.3) is 0 Å². The Balaban J connectivity index is 1.99. The van der Waals surface area contributed by atoms with Crippen LogP contribution in [0.5, 0.6) is 11.5 Å². The molecule has 5 N–H and O–H groups in total. The summed E-state index contributed by atoms with van der Waals surface area (Å²) in [7, 11) is 3.29. The zero-order valence-electron chi connectivity index (χ0n) is 40.5. The van der Waals surface area contributed by atoms with Crippen LogP contribution in [0.2, 0.25) is 0 Å². The van der Waals surface area contributed by atoms with Crippen molar-refractivity contribution in [2.24, 2.45) is 11.8 Å². The third kappa shape index (κ3) is 17.9. The first-order valence-electron chi connectivity index (χ1n) is 22.5. The van der Waals surface area contributed by atoms with Crippen LogP contribution in [0.4, 0.5) is 9.59 Å². The van der Waals surface area contributed by atoms with Crippen molar-refractivity contribution < 1.29 is 47.7 Å². The van der Waals surface area contributed by atoms with E-state index in [9.17, 15) is 28.8 Å². The van der Waals surface area contributed by atoms with E-state index in [1.807, 2.05) is 48.5 Å². The monoisotopic (exact) mass is 887 g/mol. The molecule has 1 aliphatic heterocycles. The van der Waals surface area contributed by atoms with Crippen LogP contribution in [-0.2, 0) is 35.1 Å². The van der Waals surface area contributed by atoms with Gasteiger partial charge in [0.2, 0.25) is 23.6 Å². The molecule has 1 aliphatic rings. The second kappa shape index (κ2) is 25.9. The number of benzene rings is 1. The highest BCUT2D eigenvalue weighted by Gasteiger charge is 2.37. The van der Waals surface area contributed by atoms with Crippen LogP contribution in [0.15, 0.2) is 12.2 Å². The van der Waals surface area contributed by atoms with Gasteiger partial charge in [0.05, 0.1) is 26.9 Å². The van der Waals surface area contributed by atoms with Crippen molar-refractivity contribution in [1.82, 2.24) is 31.5 Å². The van der Waals surface area contributed by atoms with Crippen LogP contribution in [-0.4, -0.2) is 110 Å². The summed E-state index contributed by atoms with van der Waals surface area (Å²) in [5, 5.41) is 14.1. The molecule has 1 heterocycles. The van der Waals surface area contributed by atoms with Gasteiger partial charge in [0, 0.05) is 31.1 Å². The molecule has 0 bridgehead atoms. The lowest BCUT2D eigenvalue weighted by molar-refractivity contribution is -0.139. The molecule has 4 atom stereocenters. The molecule has 0 aliphatic carbocycles. The lowest BCUT2D eigenvalue weighted by Gasteiger charge is -2.29. The molecule has 0 spiro atoms. The highest BCUT2D eigenvalue weighted by atomic mass is 16.6. The van der Waals surface area contributed by atoms with E-state index < -0.39 is 47.7 Å². The molecule has 2 rings (SSSR count). The maximum Gasteiger partial charge on any atom is 0.408 e. The van der Waals surface area contributed by atoms with Crippen LogP contribution in [0, 0.1) is 32.6 Å². The van der Waals surface area contributed by atoms with Gasteiger partial charge in [0.15, 0.2) is 0 Å². The second-order valence-corrected chi connectivity index (χ2v) is 18.4. The van der Waals surface area contributed by atoms with E-state index in [-0.39, 0.29) is 61.7 Å². The van der Waals surface area contributed by atoms with Gasteiger partial charge in [-0.1, -0.05) is 39.8 Å². The van der Waals surface area contributed by atoms with Crippen molar-refractivity contribution in [3.8, 4) is 11.5 Å². The number of nitrogens with zero attached hydrogens (tertiary/aromatic N) is 1. The van der Waals surface area contributed by atoms with Crippen molar-refractivity contribution in [2.45, 2.75) is 170 Å². The Hall–Kier alpha value is -5.02. The van der Waals surface area contributed by atoms with E-state index in [1.54, 1.807) is 61.0 Å². The van der Waals surface area contributed by atoms with Gasteiger partial charge in [-0.25, -0.2) is 9.59 Å². The molecule has 0 radical (unpaired) electrons. The van der Waals surface area contributed by atoms with Crippen LogP contribution in [0.3, 0.4) is 0 Å². The van der Waals surface area contributed by atoms with Gasteiger partial charge in [-0.05, 0) is 129 Å². The minimum absolute atomic E-state index is 0.0286. The number of carbonyl (C=O) groups excluding carboxylic acids is 6. The first-order valence-corrected chi connectivity index (χ1v) is 22.5. The number of alkyl carbamates (subject to hydrolysis) is 2. The van der Waals surface area contributed by atoms with Crippen molar-refractivity contribution >= 4 is 35.8 Å². The summed E-state index contributed by atoms with van der Waals surface area (Å²) in [6.07, 6.45) is 5.84. The molecule has 63 heavy (non-hydrogen) atoms. The molecule has 1 fully saturated rings. The molecular formula is C47H78N6O10. The van der Waals surface area contributed by atoms with E-state index in [2.05, 4.69) is 26.6 Å². The number of likely N-dealkylation sites (tertiary alicyclic amines) is 1. The molecular weight excluding hydrogens is 809 g/mol. The number of hydrogen-bond acceptors (Lipinski definition) is 10. The van der Waals surface area contributed by atoms with Crippen molar-refractivity contribution in [3.63, 3.8) is 0 Å². The van der Waals surface area contributed by atoms with Crippen LogP contribution >= 0.6 is 0 Å². The van der Waals surface area contributed by atoms with Crippen LogP contribution in [0.1, 0.15) is 130 Å². The predicted molar refractivity (Wildman–Crippen MR) is 244 cm³/mol. The lowest BCUT2D eigenvalue weighted by Crippen LogP contribution is -2.58. The van der Waals surface area contributed by atoms with Crippen molar-refractivity contribution in [1.29, 1.82) is 0 Å². The standard InChI is InChI=1S/C47H78N6O10/c1-28(2)27-34(50-46(59)63-47(10,11)12)19-15-23-38(54)53-25-17-22-37(53)43(56)52-39(29(3)4)44(57)51-36(42(55)49-30(5)6)21-16-24-48-45(58)62-26-18-20-35-33(9)40(60-13)31(7)32(8)41(35)61-14/h15,19,28-30,34,36-37,39H,16-18,20-27H2,1-14H3,(H,48,58)(H,49,55)(H,50,59)(H,51,57)(H,52,56)/b19-15+/t34-,36+,37+,39+/m1/s1. The Morgan fingerprint density at radius 3 is 2.05 bits per heavy atom. The maximum absolute atomic E-state index is 13.8. The third-order valence-electron chi connectivity index (χ3n) is 10.7. The summed E-state index contributed by atoms with van der Waals surface area (Å²) in [5.41, 5.74) is 3.37. The maximum atomic E-state index is 13.8. The summed E-state index contributed by atoms with van der Waals surface area (Å²) < 4.78 is 22.2. The highest BCUT2D eigenvalue weighted by molar-refractivity contribution is 5.94. The Bertz CT molecular complexity index is 1740. The average Bonchev–Trinajstić information content (AvgIpc) is 3.68. The summed E-state index contributed by atoms with van der Waals surface area (Å²) in [6, 6.07) is -3.22. The molecule has 16 heteroatoms. The van der Waals surface area contributed by atoms with Crippen molar-refractivity contribution in [3.05, 3.63) is 34.4 Å². The normalized spacial score (nSPS) is 15.5. The summed E-state index contributed by atoms with van der Waals surface area (Å²) >= 11 is 0. The van der Waals surface area contributed by atoms with Crippen LogP contribution < -0.4 is 36.1 Å². The van der Waals surface area contributed by atoms with Crippen molar-refractivity contribution in [2.75, 3.05) is 33.9 Å². The van der Waals surface area contributed by atoms with E-state index in [4.69, 9.17) is 18.9 Å². The zero-order valence-corrected chi connectivity index (χ0v) is 40.5. The molecule has 1 aromatic carbocycles. The Kier molecular flexibility index (Phi) is 22.3. The van der Waals surface area contributed by atoms with E-state index in [0.29, 0.717) is 45.1 Å². The molecule has 0 aromatic heterocycles. The second-order valence-electron chi connectivity index (χ2n) is 18.4. The van der Waals surface area contributed by atoms with Gasteiger partial charge >= 0.3 is 12.2 Å². The summed E-state index contributed by atoms with van der Waals surface area (Å²) in [4.78, 5) is 80.7. The molecule has 0 unspecified atom stereocenters. The number of rotatable bonds is 23. The number of nitrogens with one attached hydrogen (secondary N) is 5. The Morgan fingerprint density at radius 1 is 0.810 bits per heavy atom. The molecule has 1 aromatic rings. The first kappa shape index (κ1) is 54.1. The quantitative estimate of drug-likeness (QED) is 0.0632. The molecule has 1 saturated heterocycles. The fraction of sp³-hybridized carbons (Fsp3) is 0.702. The third-order valence-corrected chi connectivity index (χ3v) is 10.7. The highest BCUT2D eigenvalue weighted by Crippen LogP contribution is 2.38. The number of ether oxygens (including phenoxy) is 4. The number of hydrogen-bond donors (Lipinski definition) is 5. The molecule has 0 saturated carbocycles. The van der Waals surface area contributed by atoms with E-state index in [1.165, 1.54) is 4.90 Å². The van der Waals surface area contributed by atoms with E-state index >= 15 is 0 Å². The smallest absolute Gasteiger partial charge is 0.408 e. The largest absolute Gasteiger partial charge is 0.496 e. The zero-order chi connectivity index (χ0) is 47.6. The first-order chi connectivity index (χ1) is 29.5. The fourth-order valence-electron chi connectivity index (χ4n) is 7.64. The summed E-state index contributed by atoms with van der Waals surface area (Å²) in [6.45, 7) is 23.4. The van der Waals surface area contributed by atoms with Gasteiger partial charge in [-0.15, -0.1) is 0 Å². The molecule has 6 amide bonds. The minimum Gasteiger partial charge on any atom is -0.496 e. The van der Waals surface area contributed by atoms with Gasteiger partial charge in [0.1, 0.15) is 35.2 Å². The fourth-order valence-corrected chi connectivity index (χ4v) is 7.64. The SMILES string of the molecule is COc1c(C)c(C)c(OC)c(CCCOC(=O)NCCC[C@H](NC(=O)[C@@H](NC(=O)[C@@H]2CCCN2C(=O)C/C=C/[C@H](CC(C)C)NC(=O)OC(C)(C)C)C(C)C)C(=O)NC(C)C)c1C. The number of methoxy groups -OCH3 is 2. The lowest BCUT2D eigenvalue weighted by atomic mass is 9.94. The van der Waals surface area contributed by atoms with Gasteiger partial charge in [-0.2, -0.15) is 0 Å². The Labute approximate surface area is 376 Å². The number of carbonyl (C=O) groups is 6. The topological polar surface area (TPSA) is 203 Å². The summed E-state index contributed by atoms with van der Waals surface area (Å²) in [5.74, 6) is -0.0635. The van der Waals surface area contributed by atoms with Gasteiger partial charge in [0.25, 0.3) is 0 Å². The minimum atomic E-state index is -0.984. The predicted octanol–water partition coefficient (Wildman–Crippen LogP) is 6.09. The van der Waals surface area contributed by atoms with E-state index in [0.717, 1.165) is 33.8 Å². The molecule has 16 nitrogen and oxygen atoms in total. The Morgan fingerprint density at radius 2 is 1.46 bits per heavy atom. The molecule has 356 valence electrons. The van der Waals surface area contributed by atoms with Gasteiger partial charge in [-0.3, -0.25) is 19.2 Å². The number of amides is 6. The van der Waals surface area contributed by atoms with Gasteiger partial charge < -0.3 is 50.4 Å². The average molecular weight is 887 g/mol.